The van der Waals surface area contributed by atoms with Crippen LogP contribution in [0.25, 0.3) is 0 Å². The molecular formula is C5H12O2Sm. The molecule has 3 heteroatoms. The molecule has 0 spiro atoms. The summed E-state index contributed by atoms with van der Waals surface area (Å²) in [7, 11) is 3.33. The second kappa shape index (κ2) is 8.26. The minimum Gasteiger partial charge on any atom is -0.382 e. The molecule has 0 aromatic heterocycles. The van der Waals surface area contributed by atoms with Gasteiger partial charge >= 0.3 is 0 Å². The minimum atomic E-state index is 0. The Kier molecular flexibility index (Phi) is 12.4. The molecule has 0 heterocycles. The molecule has 0 amide bonds. The molecule has 0 radical (unpaired) electrons. The van der Waals surface area contributed by atoms with Crippen molar-refractivity contribution in [2.75, 3.05) is 20.8 Å². The molecule has 1 atom stereocenters. The average Bonchev–Trinajstić information content (AvgIpc) is 1.68. The van der Waals surface area contributed by atoms with Gasteiger partial charge in [0.2, 0.25) is 0 Å². The SMILES string of the molecule is COCC(C)OC.[Sm]. The first kappa shape index (κ1) is 12.0. The third-order valence-electron chi connectivity index (χ3n) is 0.804. The van der Waals surface area contributed by atoms with Crippen molar-refractivity contribution in [1.29, 1.82) is 0 Å². The van der Waals surface area contributed by atoms with Crippen LogP contribution in [-0.4, -0.2) is 26.9 Å². The van der Waals surface area contributed by atoms with Gasteiger partial charge in [-0.05, 0) is 6.92 Å². The van der Waals surface area contributed by atoms with Gasteiger partial charge in [-0.3, -0.25) is 0 Å². The molecule has 0 aliphatic carbocycles. The zero-order valence-corrected chi connectivity index (χ0v) is 8.13. The van der Waals surface area contributed by atoms with Crippen LogP contribution in [0.15, 0.2) is 0 Å². The van der Waals surface area contributed by atoms with Crippen molar-refractivity contribution in [3.05, 3.63) is 0 Å². The van der Waals surface area contributed by atoms with E-state index in [1.54, 1.807) is 14.2 Å². The van der Waals surface area contributed by atoms with E-state index in [2.05, 4.69) is 0 Å². The van der Waals surface area contributed by atoms with E-state index >= 15 is 0 Å². The van der Waals surface area contributed by atoms with Crippen molar-refractivity contribution in [2.24, 2.45) is 0 Å². The fraction of sp³-hybridized carbons (Fsp3) is 1.00. The maximum atomic E-state index is 4.87. The van der Waals surface area contributed by atoms with Crippen molar-refractivity contribution in [1.82, 2.24) is 0 Å². The number of hydrogen-bond acceptors (Lipinski definition) is 2. The molecule has 0 aliphatic heterocycles. The smallest absolute Gasteiger partial charge is 0.0776 e. The minimum absolute atomic E-state index is 0. The van der Waals surface area contributed by atoms with E-state index in [9.17, 15) is 0 Å². The molecular weight excluding hydrogens is 242 g/mol. The van der Waals surface area contributed by atoms with Crippen LogP contribution in [0.5, 0.6) is 0 Å². The topological polar surface area (TPSA) is 18.5 Å². The van der Waals surface area contributed by atoms with Gasteiger partial charge in [0, 0.05) is 54.6 Å². The van der Waals surface area contributed by atoms with Gasteiger partial charge in [0.25, 0.3) is 0 Å². The van der Waals surface area contributed by atoms with Crippen molar-refractivity contribution >= 4 is 0 Å². The first-order valence-corrected chi connectivity index (χ1v) is 2.33. The number of ether oxygens (including phenoxy) is 2. The van der Waals surface area contributed by atoms with E-state index in [-0.39, 0.29) is 46.5 Å². The molecule has 1 unspecified atom stereocenters. The van der Waals surface area contributed by atoms with E-state index in [0.29, 0.717) is 6.61 Å². The summed E-state index contributed by atoms with van der Waals surface area (Å²) in [5, 5.41) is 0. The van der Waals surface area contributed by atoms with E-state index in [1.165, 1.54) is 0 Å². The Morgan fingerprint density at radius 1 is 1.38 bits per heavy atom. The first-order valence-electron chi connectivity index (χ1n) is 2.33. The largest absolute Gasteiger partial charge is 0.382 e. The molecule has 0 rings (SSSR count). The molecule has 0 saturated heterocycles. The van der Waals surface area contributed by atoms with Crippen molar-refractivity contribution in [3.8, 4) is 0 Å². The molecule has 0 aromatic carbocycles. The Hall–Kier alpha value is 1.26. The number of hydrogen-bond donors (Lipinski definition) is 0. The summed E-state index contributed by atoms with van der Waals surface area (Å²) in [4.78, 5) is 0. The van der Waals surface area contributed by atoms with Crippen LogP contribution in [0.1, 0.15) is 6.92 Å². The normalized spacial score (nSPS) is 12.4. The van der Waals surface area contributed by atoms with E-state index in [0.717, 1.165) is 0 Å². The van der Waals surface area contributed by atoms with Crippen molar-refractivity contribution < 1.29 is 49.9 Å². The average molecular weight is 255 g/mol. The molecule has 50 valence electrons. The van der Waals surface area contributed by atoms with Crippen LogP contribution in [0.3, 0.4) is 0 Å². The number of methoxy groups -OCH3 is 2. The van der Waals surface area contributed by atoms with Crippen LogP contribution in [0.4, 0.5) is 0 Å². The first-order chi connectivity index (χ1) is 3.31. The van der Waals surface area contributed by atoms with E-state index in [1.807, 2.05) is 6.92 Å². The van der Waals surface area contributed by atoms with Gasteiger partial charge in [0.05, 0.1) is 12.7 Å². The Bertz CT molecular complexity index is 41.4. The monoisotopic (exact) mass is 256 g/mol. The molecule has 0 N–H and O–H groups in total. The van der Waals surface area contributed by atoms with Gasteiger partial charge in [-0.1, -0.05) is 0 Å². The molecule has 0 saturated carbocycles. The standard InChI is InChI=1S/C5H12O2.Sm/c1-5(7-3)4-6-2;/h5H,4H2,1-3H3;. The van der Waals surface area contributed by atoms with Crippen molar-refractivity contribution in [3.63, 3.8) is 0 Å². The molecule has 2 nitrogen and oxygen atoms in total. The summed E-state index contributed by atoms with van der Waals surface area (Å²) in [6, 6.07) is 0. The summed E-state index contributed by atoms with van der Waals surface area (Å²) < 4.78 is 9.64. The molecule has 0 fully saturated rings. The van der Waals surface area contributed by atoms with Gasteiger partial charge in [0.1, 0.15) is 0 Å². The summed E-state index contributed by atoms with van der Waals surface area (Å²) in [6.07, 6.45) is 0.227. The zero-order valence-electron chi connectivity index (χ0n) is 5.51. The van der Waals surface area contributed by atoms with Crippen LogP contribution in [-0.2, 0) is 9.47 Å². The van der Waals surface area contributed by atoms with E-state index < -0.39 is 0 Å². The summed E-state index contributed by atoms with van der Waals surface area (Å²) in [5.74, 6) is 0. The van der Waals surface area contributed by atoms with Gasteiger partial charge < -0.3 is 9.47 Å². The summed E-state index contributed by atoms with van der Waals surface area (Å²) in [5.41, 5.74) is 0. The predicted molar refractivity (Wildman–Crippen MR) is 28.3 cm³/mol. The van der Waals surface area contributed by atoms with Gasteiger partial charge in [0.15, 0.2) is 0 Å². The van der Waals surface area contributed by atoms with Crippen molar-refractivity contribution in [2.45, 2.75) is 13.0 Å². The summed E-state index contributed by atoms with van der Waals surface area (Å²) in [6.45, 7) is 2.64. The maximum absolute atomic E-state index is 4.87. The predicted octanol–water partition coefficient (Wildman–Crippen LogP) is 0.668. The third-order valence-corrected chi connectivity index (χ3v) is 0.804. The maximum Gasteiger partial charge on any atom is 0.0776 e. The molecule has 0 bridgehead atoms. The zero-order chi connectivity index (χ0) is 5.70. The van der Waals surface area contributed by atoms with Crippen LogP contribution in [0.2, 0.25) is 0 Å². The second-order valence-electron chi connectivity index (χ2n) is 1.50. The third kappa shape index (κ3) is 7.26. The molecule has 0 aliphatic rings. The molecule has 0 aromatic rings. The number of rotatable bonds is 3. The van der Waals surface area contributed by atoms with Gasteiger partial charge in [-0.25, -0.2) is 0 Å². The Morgan fingerprint density at radius 2 is 1.88 bits per heavy atom. The fourth-order valence-electron chi connectivity index (χ4n) is 0.303. The quantitative estimate of drug-likeness (QED) is 0.737. The second-order valence-corrected chi connectivity index (χ2v) is 1.50. The van der Waals surface area contributed by atoms with Crippen LogP contribution >= 0.6 is 0 Å². The molecule has 8 heavy (non-hydrogen) atoms. The fourth-order valence-corrected chi connectivity index (χ4v) is 0.303. The van der Waals surface area contributed by atoms with Gasteiger partial charge in [-0.15, -0.1) is 0 Å². The van der Waals surface area contributed by atoms with Crippen LogP contribution < -0.4 is 0 Å². The Morgan fingerprint density at radius 3 is 2.00 bits per heavy atom. The van der Waals surface area contributed by atoms with E-state index in [4.69, 9.17) is 9.47 Å². The summed E-state index contributed by atoms with van der Waals surface area (Å²) >= 11 is 0. The van der Waals surface area contributed by atoms with Crippen LogP contribution in [0, 0.1) is 40.4 Å². The Balaban J connectivity index is 0. The van der Waals surface area contributed by atoms with Gasteiger partial charge in [-0.2, -0.15) is 0 Å². The Labute approximate surface area is 83.0 Å².